The van der Waals surface area contributed by atoms with Gasteiger partial charge in [0.2, 0.25) is 5.91 Å². The molecule has 2 aliphatic rings. The van der Waals surface area contributed by atoms with E-state index < -0.39 is 0 Å². The van der Waals surface area contributed by atoms with Gasteiger partial charge in [-0.2, -0.15) is 0 Å². The quantitative estimate of drug-likeness (QED) is 0.816. The van der Waals surface area contributed by atoms with Crippen molar-refractivity contribution >= 4 is 5.91 Å². The molecule has 0 saturated carbocycles. The maximum absolute atomic E-state index is 12.3. The molecule has 3 atom stereocenters. The zero-order chi connectivity index (χ0) is 13.3. The third-order valence-electron chi connectivity index (χ3n) is 4.38. The van der Waals surface area contributed by atoms with Crippen molar-refractivity contribution in [3.63, 3.8) is 0 Å². The smallest absolute Gasteiger partial charge is 0.241 e. The fourth-order valence-electron chi connectivity index (χ4n) is 3.14. The van der Waals surface area contributed by atoms with E-state index in [2.05, 4.69) is 42.8 Å². The molecule has 1 amide bonds. The van der Waals surface area contributed by atoms with Crippen molar-refractivity contribution < 1.29 is 4.79 Å². The van der Waals surface area contributed by atoms with Crippen molar-refractivity contribution in [1.82, 2.24) is 15.1 Å². The molecular weight excluding hydrogens is 226 g/mol. The van der Waals surface area contributed by atoms with Gasteiger partial charge in [-0.1, -0.05) is 20.8 Å². The zero-order valence-electron chi connectivity index (χ0n) is 12.1. The summed E-state index contributed by atoms with van der Waals surface area (Å²) in [4.78, 5) is 16.9. The Hall–Kier alpha value is -0.610. The standard InChI is InChI=1S/C14H27N3O/c1-5-16-7-6-12(8-16)9-17-11(4)15-13(10(2)3)14(17)18/h10-13,15H,5-9H2,1-4H3. The van der Waals surface area contributed by atoms with Crippen molar-refractivity contribution in [2.75, 3.05) is 26.2 Å². The average Bonchev–Trinajstić information content (AvgIpc) is 2.88. The summed E-state index contributed by atoms with van der Waals surface area (Å²) < 4.78 is 0. The minimum Gasteiger partial charge on any atom is -0.326 e. The molecule has 0 radical (unpaired) electrons. The fraction of sp³-hybridized carbons (Fsp3) is 0.929. The van der Waals surface area contributed by atoms with Gasteiger partial charge >= 0.3 is 0 Å². The Bertz CT molecular complexity index is 305. The number of nitrogens with one attached hydrogen (secondary N) is 1. The fourth-order valence-corrected chi connectivity index (χ4v) is 3.14. The monoisotopic (exact) mass is 253 g/mol. The first-order valence-corrected chi connectivity index (χ1v) is 7.31. The second-order valence-electron chi connectivity index (χ2n) is 6.10. The molecule has 0 bridgehead atoms. The molecule has 104 valence electrons. The van der Waals surface area contributed by atoms with Crippen LogP contribution in [-0.2, 0) is 4.79 Å². The van der Waals surface area contributed by atoms with E-state index in [1.807, 2.05) is 0 Å². The zero-order valence-corrected chi connectivity index (χ0v) is 12.1. The highest BCUT2D eigenvalue weighted by atomic mass is 16.2. The predicted molar refractivity (Wildman–Crippen MR) is 73.2 cm³/mol. The van der Waals surface area contributed by atoms with E-state index >= 15 is 0 Å². The van der Waals surface area contributed by atoms with E-state index in [0.29, 0.717) is 17.7 Å². The molecule has 2 heterocycles. The Morgan fingerprint density at radius 1 is 1.44 bits per heavy atom. The summed E-state index contributed by atoms with van der Waals surface area (Å²) in [6, 6.07) is 0.0173. The third-order valence-corrected chi connectivity index (χ3v) is 4.38. The molecule has 2 rings (SSSR count). The van der Waals surface area contributed by atoms with Crippen molar-refractivity contribution in [2.24, 2.45) is 11.8 Å². The van der Waals surface area contributed by atoms with Crippen LogP contribution in [0.4, 0.5) is 0 Å². The Balaban J connectivity index is 1.91. The van der Waals surface area contributed by atoms with Gasteiger partial charge in [0.15, 0.2) is 0 Å². The van der Waals surface area contributed by atoms with E-state index in [9.17, 15) is 4.79 Å². The second-order valence-corrected chi connectivity index (χ2v) is 6.10. The van der Waals surface area contributed by atoms with Crippen LogP contribution in [0.5, 0.6) is 0 Å². The summed E-state index contributed by atoms with van der Waals surface area (Å²) in [5, 5.41) is 3.42. The lowest BCUT2D eigenvalue weighted by atomic mass is 10.0. The van der Waals surface area contributed by atoms with Crippen LogP contribution in [0.15, 0.2) is 0 Å². The molecule has 2 saturated heterocycles. The number of hydrogen-bond acceptors (Lipinski definition) is 3. The Labute approximate surface area is 111 Å². The number of amides is 1. The lowest BCUT2D eigenvalue weighted by Crippen LogP contribution is -2.39. The van der Waals surface area contributed by atoms with Crippen LogP contribution >= 0.6 is 0 Å². The Morgan fingerprint density at radius 3 is 2.67 bits per heavy atom. The van der Waals surface area contributed by atoms with Crippen LogP contribution in [0.2, 0.25) is 0 Å². The first kappa shape index (κ1) is 13.8. The van der Waals surface area contributed by atoms with Crippen LogP contribution in [-0.4, -0.2) is 54.1 Å². The molecular formula is C14H27N3O. The van der Waals surface area contributed by atoms with Crippen LogP contribution in [0.3, 0.4) is 0 Å². The van der Waals surface area contributed by atoms with Crippen LogP contribution in [0.1, 0.15) is 34.1 Å². The molecule has 0 aromatic heterocycles. The van der Waals surface area contributed by atoms with Gasteiger partial charge in [0.25, 0.3) is 0 Å². The molecule has 0 aromatic rings. The first-order chi connectivity index (χ1) is 8.52. The molecule has 2 fully saturated rings. The van der Waals surface area contributed by atoms with Gasteiger partial charge in [0.05, 0.1) is 12.2 Å². The van der Waals surface area contributed by atoms with Gasteiger partial charge in [0.1, 0.15) is 0 Å². The van der Waals surface area contributed by atoms with Crippen LogP contribution < -0.4 is 5.32 Å². The predicted octanol–water partition coefficient (Wildman–Crippen LogP) is 1.13. The molecule has 0 aromatic carbocycles. The summed E-state index contributed by atoms with van der Waals surface area (Å²) >= 11 is 0. The number of hydrogen-bond donors (Lipinski definition) is 1. The van der Waals surface area contributed by atoms with E-state index in [4.69, 9.17) is 0 Å². The summed E-state index contributed by atoms with van der Waals surface area (Å²) in [5.74, 6) is 1.33. The summed E-state index contributed by atoms with van der Waals surface area (Å²) in [6.45, 7) is 12.9. The van der Waals surface area contributed by atoms with Gasteiger partial charge in [-0.15, -0.1) is 0 Å². The largest absolute Gasteiger partial charge is 0.326 e. The van der Waals surface area contributed by atoms with Gasteiger partial charge in [-0.05, 0) is 38.3 Å². The molecule has 1 N–H and O–H groups in total. The molecule has 2 aliphatic heterocycles. The van der Waals surface area contributed by atoms with Gasteiger partial charge < -0.3 is 9.80 Å². The van der Waals surface area contributed by atoms with Gasteiger partial charge in [-0.25, -0.2) is 0 Å². The molecule has 3 unspecified atom stereocenters. The highest BCUT2D eigenvalue weighted by molar-refractivity contribution is 5.84. The average molecular weight is 253 g/mol. The maximum Gasteiger partial charge on any atom is 0.241 e. The van der Waals surface area contributed by atoms with E-state index in [1.165, 1.54) is 13.0 Å². The van der Waals surface area contributed by atoms with Gasteiger partial charge in [0, 0.05) is 13.1 Å². The normalized spacial score (nSPS) is 33.9. The summed E-state index contributed by atoms with van der Waals surface area (Å²) in [6.07, 6.45) is 1.43. The number of carbonyl (C=O) groups excluding carboxylic acids is 1. The lowest BCUT2D eigenvalue weighted by Gasteiger charge is -2.24. The molecule has 18 heavy (non-hydrogen) atoms. The Morgan fingerprint density at radius 2 is 2.17 bits per heavy atom. The van der Waals surface area contributed by atoms with E-state index in [1.54, 1.807) is 0 Å². The number of nitrogens with zero attached hydrogens (tertiary/aromatic N) is 2. The van der Waals surface area contributed by atoms with Crippen LogP contribution in [0.25, 0.3) is 0 Å². The maximum atomic E-state index is 12.3. The minimum absolute atomic E-state index is 0.0173. The van der Waals surface area contributed by atoms with Crippen molar-refractivity contribution in [1.29, 1.82) is 0 Å². The molecule has 0 aliphatic carbocycles. The number of rotatable bonds is 4. The Kier molecular flexibility index (Phi) is 4.28. The van der Waals surface area contributed by atoms with E-state index in [0.717, 1.165) is 19.6 Å². The first-order valence-electron chi connectivity index (χ1n) is 7.31. The summed E-state index contributed by atoms with van der Waals surface area (Å²) in [7, 11) is 0. The minimum atomic E-state index is 0.0173. The van der Waals surface area contributed by atoms with E-state index in [-0.39, 0.29) is 12.2 Å². The molecule has 4 nitrogen and oxygen atoms in total. The SMILES string of the molecule is CCN1CCC(CN2C(=O)C(C(C)C)NC2C)C1. The molecule has 4 heteroatoms. The lowest BCUT2D eigenvalue weighted by molar-refractivity contribution is -0.131. The number of carbonyl (C=O) groups is 1. The highest BCUT2D eigenvalue weighted by Crippen LogP contribution is 2.22. The van der Waals surface area contributed by atoms with Gasteiger partial charge in [-0.3, -0.25) is 10.1 Å². The van der Waals surface area contributed by atoms with Crippen LogP contribution in [0, 0.1) is 11.8 Å². The number of likely N-dealkylation sites (tertiary alicyclic amines) is 1. The topological polar surface area (TPSA) is 35.6 Å². The molecule has 0 spiro atoms. The van der Waals surface area contributed by atoms with Crippen molar-refractivity contribution in [3.8, 4) is 0 Å². The third kappa shape index (κ3) is 2.69. The highest BCUT2D eigenvalue weighted by Gasteiger charge is 2.39. The van der Waals surface area contributed by atoms with Crippen molar-refractivity contribution in [2.45, 2.75) is 46.3 Å². The second kappa shape index (κ2) is 5.57. The van der Waals surface area contributed by atoms with Crippen molar-refractivity contribution in [3.05, 3.63) is 0 Å². The summed E-state index contributed by atoms with van der Waals surface area (Å²) in [5.41, 5.74) is 0.